The van der Waals surface area contributed by atoms with Gasteiger partial charge in [-0.15, -0.1) is 0 Å². The normalized spacial score (nSPS) is 27.5. The van der Waals surface area contributed by atoms with Crippen molar-refractivity contribution in [1.29, 1.82) is 5.26 Å². The van der Waals surface area contributed by atoms with Crippen molar-refractivity contribution in [2.75, 3.05) is 19.6 Å². The molecule has 0 heterocycles. The average molecular weight is 253 g/mol. The van der Waals surface area contributed by atoms with Gasteiger partial charge in [-0.25, -0.2) is 0 Å². The SMILES string of the molecule is CC1CCC(O)(CNCC(=O)NCCC#N)CC1. The van der Waals surface area contributed by atoms with Gasteiger partial charge in [0.2, 0.25) is 5.91 Å². The molecule has 1 fully saturated rings. The molecule has 5 nitrogen and oxygen atoms in total. The zero-order valence-electron chi connectivity index (χ0n) is 11.0. The number of aliphatic hydroxyl groups is 1. The molecule has 0 bridgehead atoms. The third kappa shape index (κ3) is 5.48. The molecule has 1 aliphatic rings. The first-order chi connectivity index (χ1) is 8.56. The second kappa shape index (κ2) is 7.34. The Balaban J connectivity index is 2.13. The Kier molecular flexibility index (Phi) is 6.10. The minimum atomic E-state index is -0.653. The highest BCUT2D eigenvalue weighted by Gasteiger charge is 2.31. The molecule has 0 spiro atoms. The van der Waals surface area contributed by atoms with Crippen LogP contribution in [-0.4, -0.2) is 36.2 Å². The van der Waals surface area contributed by atoms with E-state index in [0.717, 1.165) is 25.7 Å². The molecule has 0 aromatic heterocycles. The van der Waals surface area contributed by atoms with Crippen molar-refractivity contribution in [1.82, 2.24) is 10.6 Å². The molecule has 0 aromatic carbocycles. The van der Waals surface area contributed by atoms with Gasteiger partial charge in [0, 0.05) is 13.1 Å². The Labute approximate surface area is 109 Å². The molecule has 1 amide bonds. The molecule has 3 N–H and O–H groups in total. The van der Waals surface area contributed by atoms with Gasteiger partial charge in [0.25, 0.3) is 0 Å². The summed E-state index contributed by atoms with van der Waals surface area (Å²) in [5.41, 5.74) is -0.653. The van der Waals surface area contributed by atoms with E-state index in [1.54, 1.807) is 0 Å². The summed E-state index contributed by atoms with van der Waals surface area (Å²) in [4.78, 5) is 11.4. The zero-order valence-corrected chi connectivity index (χ0v) is 11.0. The maximum absolute atomic E-state index is 11.4. The van der Waals surface area contributed by atoms with E-state index in [4.69, 9.17) is 5.26 Å². The Morgan fingerprint density at radius 2 is 2.17 bits per heavy atom. The molecular weight excluding hydrogens is 230 g/mol. The van der Waals surface area contributed by atoms with Crippen LogP contribution in [0, 0.1) is 17.2 Å². The summed E-state index contributed by atoms with van der Waals surface area (Å²) in [6.45, 7) is 3.25. The Morgan fingerprint density at radius 3 is 2.78 bits per heavy atom. The fourth-order valence-electron chi connectivity index (χ4n) is 2.21. The second-order valence-corrected chi connectivity index (χ2v) is 5.27. The van der Waals surface area contributed by atoms with Gasteiger partial charge >= 0.3 is 0 Å². The number of nitriles is 1. The first kappa shape index (κ1) is 14.9. The third-order valence-electron chi connectivity index (χ3n) is 3.50. The van der Waals surface area contributed by atoms with Crippen molar-refractivity contribution < 1.29 is 9.90 Å². The highest BCUT2D eigenvalue weighted by molar-refractivity contribution is 5.77. The standard InChI is InChI=1S/C13H23N3O2/c1-11-3-5-13(18,6-4-11)10-15-9-12(17)16-8-2-7-14/h11,15,18H,2-6,8-10H2,1H3,(H,16,17). The van der Waals surface area contributed by atoms with Crippen LogP contribution in [0.25, 0.3) is 0 Å². The van der Waals surface area contributed by atoms with Crippen LogP contribution in [-0.2, 0) is 4.79 Å². The maximum atomic E-state index is 11.4. The molecular formula is C13H23N3O2. The zero-order chi connectivity index (χ0) is 13.4. The van der Waals surface area contributed by atoms with E-state index in [-0.39, 0.29) is 12.5 Å². The lowest BCUT2D eigenvalue weighted by molar-refractivity contribution is -0.120. The molecule has 0 aromatic rings. The lowest BCUT2D eigenvalue weighted by Crippen LogP contribution is -2.46. The molecule has 0 atom stereocenters. The molecule has 0 aliphatic heterocycles. The minimum Gasteiger partial charge on any atom is -0.389 e. The van der Waals surface area contributed by atoms with Crippen LogP contribution in [0.15, 0.2) is 0 Å². The summed E-state index contributed by atoms with van der Waals surface area (Å²) in [7, 11) is 0. The van der Waals surface area contributed by atoms with Gasteiger partial charge in [-0.3, -0.25) is 4.79 Å². The smallest absolute Gasteiger partial charge is 0.233 e. The molecule has 0 saturated heterocycles. The number of nitrogens with one attached hydrogen (secondary N) is 2. The molecule has 1 rings (SSSR count). The van der Waals surface area contributed by atoms with Crippen LogP contribution < -0.4 is 10.6 Å². The van der Waals surface area contributed by atoms with Crippen molar-refractivity contribution in [3.63, 3.8) is 0 Å². The fraction of sp³-hybridized carbons (Fsp3) is 0.846. The van der Waals surface area contributed by atoms with Crippen LogP contribution >= 0.6 is 0 Å². The van der Waals surface area contributed by atoms with Crippen molar-refractivity contribution in [2.24, 2.45) is 5.92 Å². The van der Waals surface area contributed by atoms with Gasteiger partial charge in [-0.05, 0) is 31.6 Å². The van der Waals surface area contributed by atoms with Crippen LogP contribution in [0.3, 0.4) is 0 Å². The summed E-state index contributed by atoms with van der Waals surface area (Å²) < 4.78 is 0. The van der Waals surface area contributed by atoms with Gasteiger partial charge in [0.05, 0.1) is 24.6 Å². The van der Waals surface area contributed by atoms with Gasteiger partial charge in [-0.2, -0.15) is 5.26 Å². The summed E-state index contributed by atoms with van der Waals surface area (Å²) in [6, 6.07) is 1.97. The van der Waals surface area contributed by atoms with Crippen LogP contribution in [0.5, 0.6) is 0 Å². The summed E-state index contributed by atoms with van der Waals surface area (Å²) in [5.74, 6) is 0.567. The quantitative estimate of drug-likeness (QED) is 0.603. The molecule has 5 heteroatoms. The number of hydrogen-bond donors (Lipinski definition) is 3. The van der Waals surface area contributed by atoms with E-state index in [9.17, 15) is 9.90 Å². The number of rotatable bonds is 6. The summed E-state index contributed by atoms with van der Waals surface area (Å²) >= 11 is 0. The highest BCUT2D eigenvalue weighted by atomic mass is 16.3. The summed E-state index contributed by atoms with van der Waals surface area (Å²) in [6.07, 6.45) is 4.03. The van der Waals surface area contributed by atoms with E-state index in [1.165, 1.54) is 0 Å². The Morgan fingerprint density at radius 1 is 1.50 bits per heavy atom. The molecule has 0 unspecified atom stereocenters. The number of amides is 1. The van der Waals surface area contributed by atoms with Crippen LogP contribution in [0.1, 0.15) is 39.0 Å². The van der Waals surface area contributed by atoms with Crippen molar-refractivity contribution in [3.8, 4) is 6.07 Å². The van der Waals surface area contributed by atoms with Crippen LogP contribution in [0.4, 0.5) is 0 Å². The lowest BCUT2D eigenvalue weighted by atomic mass is 9.79. The minimum absolute atomic E-state index is 0.127. The molecule has 0 radical (unpaired) electrons. The average Bonchev–Trinajstić information content (AvgIpc) is 2.34. The molecule has 1 saturated carbocycles. The second-order valence-electron chi connectivity index (χ2n) is 5.27. The first-order valence-electron chi connectivity index (χ1n) is 6.62. The fourth-order valence-corrected chi connectivity index (χ4v) is 2.21. The Hall–Kier alpha value is -1.12. The van der Waals surface area contributed by atoms with Gasteiger partial charge < -0.3 is 15.7 Å². The highest BCUT2D eigenvalue weighted by Crippen LogP contribution is 2.31. The van der Waals surface area contributed by atoms with E-state index >= 15 is 0 Å². The molecule has 1 aliphatic carbocycles. The molecule has 18 heavy (non-hydrogen) atoms. The van der Waals surface area contributed by atoms with Gasteiger partial charge in [0.15, 0.2) is 0 Å². The number of carbonyl (C=O) groups is 1. The maximum Gasteiger partial charge on any atom is 0.233 e. The van der Waals surface area contributed by atoms with Crippen LogP contribution in [0.2, 0.25) is 0 Å². The third-order valence-corrected chi connectivity index (χ3v) is 3.50. The van der Waals surface area contributed by atoms with E-state index < -0.39 is 5.60 Å². The van der Waals surface area contributed by atoms with Gasteiger partial charge in [0.1, 0.15) is 0 Å². The molecule has 102 valence electrons. The van der Waals surface area contributed by atoms with Crippen molar-refractivity contribution in [3.05, 3.63) is 0 Å². The number of hydrogen-bond acceptors (Lipinski definition) is 4. The largest absolute Gasteiger partial charge is 0.389 e. The van der Waals surface area contributed by atoms with E-state index in [2.05, 4.69) is 17.6 Å². The predicted octanol–water partition coefficient (Wildman–Crippen LogP) is 0.547. The number of nitrogens with zero attached hydrogens (tertiary/aromatic N) is 1. The monoisotopic (exact) mass is 253 g/mol. The summed E-state index contributed by atoms with van der Waals surface area (Å²) in [5, 5.41) is 24.2. The van der Waals surface area contributed by atoms with Crippen molar-refractivity contribution in [2.45, 2.75) is 44.6 Å². The predicted molar refractivity (Wildman–Crippen MR) is 68.7 cm³/mol. The number of carbonyl (C=O) groups excluding carboxylic acids is 1. The Bertz CT molecular complexity index is 304. The lowest BCUT2D eigenvalue weighted by Gasteiger charge is -2.35. The van der Waals surface area contributed by atoms with Gasteiger partial charge in [-0.1, -0.05) is 6.92 Å². The van der Waals surface area contributed by atoms with Crippen molar-refractivity contribution >= 4 is 5.91 Å². The topological polar surface area (TPSA) is 85.2 Å². The van der Waals surface area contributed by atoms with E-state index in [1.807, 2.05) is 6.07 Å². The van der Waals surface area contributed by atoms with E-state index in [0.29, 0.717) is 25.4 Å². The first-order valence-corrected chi connectivity index (χ1v) is 6.62.